The molecule has 1 aliphatic heterocycles. The number of rotatable bonds is 3. The maximum absolute atomic E-state index is 5.96. The van der Waals surface area contributed by atoms with E-state index in [1.165, 1.54) is 36.9 Å². The third-order valence-electron chi connectivity index (χ3n) is 4.53. The van der Waals surface area contributed by atoms with Crippen LogP contribution in [0.3, 0.4) is 0 Å². The Morgan fingerprint density at radius 2 is 2.24 bits per heavy atom. The summed E-state index contributed by atoms with van der Waals surface area (Å²) in [5.74, 6) is 0. The molecule has 2 atom stereocenters. The summed E-state index contributed by atoms with van der Waals surface area (Å²) >= 11 is 3.50. The third kappa shape index (κ3) is 2.93. The summed E-state index contributed by atoms with van der Waals surface area (Å²) in [7, 11) is 0. The Morgan fingerprint density at radius 3 is 3.14 bits per heavy atom. The summed E-state index contributed by atoms with van der Waals surface area (Å²) in [4.78, 5) is 7.42. The second-order valence-electron chi connectivity index (χ2n) is 5.89. The van der Waals surface area contributed by atoms with E-state index < -0.39 is 0 Å². The van der Waals surface area contributed by atoms with Crippen molar-refractivity contribution in [3.63, 3.8) is 0 Å². The number of nitrogens with zero attached hydrogens (tertiary/aromatic N) is 2. The van der Waals surface area contributed by atoms with Crippen molar-refractivity contribution in [1.29, 1.82) is 0 Å². The lowest BCUT2D eigenvalue weighted by atomic mass is 9.90. The predicted molar refractivity (Wildman–Crippen MR) is 87.8 cm³/mol. The molecule has 2 fully saturated rings. The van der Waals surface area contributed by atoms with Gasteiger partial charge >= 0.3 is 0 Å². The van der Waals surface area contributed by atoms with Gasteiger partial charge in [-0.25, -0.2) is 4.98 Å². The molecule has 0 radical (unpaired) electrons. The van der Waals surface area contributed by atoms with Gasteiger partial charge < -0.3 is 4.74 Å². The minimum atomic E-state index is 0.461. The molecule has 5 heteroatoms. The molecule has 4 rings (SSSR count). The second kappa shape index (κ2) is 6.16. The number of thiophene rings is 1. The smallest absolute Gasteiger partial charge is 0.124 e. The lowest BCUT2D eigenvalue weighted by molar-refractivity contribution is -0.0914. The highest BCUT2D eigenvalue weighted by Crippen LogP contribution is 2.31. The Bertz CT molecular complexity index is 579. The molecule has 2 aromatic heterocycles. The number of fused-ring (bicyclic) bond motifs is 1. The SMILES string of the molecule is c1cc(-c2nc(CN3CCO[C@@H]4CCCC[C@H]43)cs2)cs1. The van der Waals surface area contributed by atoms with Crippen molar-refractivity contribution in [3.05, 3.63) is 27.9 Å². The Hall–Kier alpha value is -0.750. The van der Waals surface area contributed by atoms with Crippen LogP contribution in [0.15, 0.2) is 22.2 Å². The van der Waals surface area contributed by atoms with Crippen LogP contribution < -0.4 is 0 Å². The molecule has 2 aliphatic rings. The lowest BCUT2D eigenvalue weighted by Crippen LogP contribution is -2.52. The van der Waals surface area contributed by atoms with Crippen molar-refractivity contribution >= 4 is 22.7 Å². The Labute approximate surface area is 133 Å². The molecule has 1 saturated heterocycles. The fourth-order valence-electron chi connectivity index (χ4n) is 3.48. The number of thiazole rings is 1. The van der Waals surface area contributed by atoms with Crippen molar-refractivity contribution in [2.75, 3.05) is 13.2 Å². The molecule has 0 bridgehead atoms. The average molecular weight is 320 g/mol. The van der Waals surface area contributed by atoms with E-state index in [-0.39, 0.29) is 0 Å². The van der Waals surface area contributed by atoms with Crippen LogP contribution >= 0.6 is 22.7 Å². The van der Waals surface area contributed by atoms with Gasteiger partial charge in [0, 0.05) is 35.5 Å². The van der Waals surface area contributed by atoms with Gasteiger partial charge in [0.15, 0.2) is 0 Å². The number of hydrogen-bond donors (Lipinski definition) is 0. The van der Waals surface area contributed by atoms with Crippen LogP contribution in [0, 0.1) is 0 Å². The van der Waals surface area contributed by atoms with Gasteiger partial charge in [0.25, 0.3) is 0 Å². The van der Waals surface area contributed by atoms with E-state index in [1.54, 1.807) is 22.7 Å². The largest absolute Gasteiger partial charge is 0.375 e. The van der Waals surface area contributed by atoms with Gasteiger partial charge in [-0.15, -0.1) is 11.3 Å². The minimum absolute atomic E-state index is 0.461. The van der Waals surface area contributed by atoms with Gasteiger partial charge in [-0.2, -0.15) is 11.3 Å². The monoisotopic (exact) mass is 320 g/mol. The van der Waals surface area contributed by atoms with E-state index in [4.69, 9.17) is 9.72 Å². The number of morpholine rings is 1. The Balaban J connectivity index is 1.47. The van der Waals surface area contributed by atoms with Crippen LogP contribution in [-0.4, -0.2) is 35.2 Å². The van der Waals surface area contributed by atoms with Crippen LogP contribution in [-0.2, 0) is 11.3 Å². The van der Waals surface area contributed by atoms with Gasteiger partial charge in [-0.3, -0.25) is 4.90 Å². The predicted octanol–water partition coefficient (Wildman–Crippen LogP) is 4.02. The molecule has 1 aliphatic carbocycles. The third-order valence-corrected chi connectivity index (χ3v) is 6.16. The highest BCUT2D eigenvalue weighted by molar-refractivity contribution is 7.14. The summed E-state index contributed by atoms with van der Waals surface area (Å²) in [6, 6.07) is 2.76. The van der Waals surface area contributed by atoms with Crippen molar-refractivity contribution in [2.45, 2.75) is 44.4 Å². The summed E-state index contributed by atoms with van der Waals surface area (Å²) in [6.07, 6.45) is 5.65. The molecule has 3 heterocycles. The van der Waals surface area contributed by atoms with Gasteiger partial charge in [0.05, 0.1) is 18.4 Å². The second-order valence-corrected chi connectivity index (χ2v) is 7.53. The first-order valence-corrected chi connectivity index (χ1v) is 9.55. The standard InChI is InChI=1S/C16H20N2OS2/c1-2-4-15-14(3-1)18(6-7-19-15)9-13-11-21-16(17-13)12-5-8-20-10-12/h5,8,10-11,14-15H,1-4,6-7,9H2/t14-,15-/m1/s1. The highest BCUT2D eigenvalue weighted by atomic mass is 32.1. The summed E-state index contributed by atoms with van der Waals surface area (Å²) < 4.78 is 5.96. The molecule has 3 nitrogen and oxygen atoms in total. The molecular formula is C16H20N2OS2. The molecule has 0 amide bonds. The average Bonchev–Trinajstić information content (AvgIpc) is 3.18. The van der Waals surface area contributed by atoms with Crippen LogP contribution in [0.4, 0.5) is 0 Å². The molecule has 0 N–H and O–H groups in total. The normalized spacial score (nSPS) is 26.7. The minimum Gasteiger partial charge on any atom is -0.375 e. The fraction of sp³-hybridized carbons (Fsp3) is 0.562. The van der Waals surface area contributed by atoms with Crippen molar-refractivity contribution in [2.24, 2.45) is 0 Å². The quantitative estimate of drug-likeness (QED) is 0.854. The van der Waals surface area contributed by atoms with E-state index in [0.717, 1.165) is 24.7 Å². The first kappa shape index (κ1) is 13.9. The van der Waals surface area contributed by atoms with Gasteiger partial charge in [0.1, 0.15) is 5.01 Å². The van der Waals surface area contributed by atoms with Crippen molar-refractivity contribution in [3.8, 4) is 10.6 Å². The topological polar surface area (TPSA) is 25.4 Å². The maximum Gasteiger partial charge on any atom is 0.124 e. The Kier molecular flexibility index (Phi) is 4.07. The Morgan fingerprint density at radius 1 is 1.29 bits per heavy atom. The van der Waals surface area contributed by atoms with Crippen molar-refractivity contribution in [1.82, 2.24) is 9.88 Å². The first-order chi connectivity index (χ1) is 10.4. The van der Waals surface area contributed by atoms with Crippen LogP contribution in [0.1, 0.15) is 31.4 Å². The summed E-state index contributed by atoms with van der Waals surface area (Å²) in [5.41, 5.74) is 2.47. The van der Waals surface area contributed by atoms with Gasteiger partial charge in [-0.1, -0.05) is 12.8 Å². The zero-order valence-electron chi connectivity index (χ0n) is 12.0. The summed E-state index contributed by atoms with van der Waals surface area (Å²) in [5, 5.41) is 7.67. The van der Waals surface area contributed by atoms with Gasteiger partial charge in [-0.05, 0) is 24.3 Å². The van der Waals surface area contributed by atoms with Crippen LogP contribution in [0.25, 0.3) is 10.6 Å². The van der Waals surface area contributed by atoms with Crippen LogP contribution in [0.2, 0.25) is 0 Å². The van der Waals surface area contributed by atoms with Gasteiger partial charge in [0.2, 0.25) is 0 Å². The molecule has 0 aromatic carbocycles. The van der Waals surface area contributed by atoms with E-state index in [2.05, 4.69) is 27.1 Å². The maximum atomic E-state index is 5.96. The zero-order chi connectivity index (χ0) is 14.1. The number of ether oxygens (including phenoxy) is 1. The molecule has 21 heavy (non-hydrogen) atoms. The molecule has 0 unspecified atom stereocenters. The zero-order valence-corrected chi connectivity index (χ0v) is 13.7. The molecule has 1 saturated carbocycles. The van der Waals surface area contributed by atoms with Crippen LogP contribution in [0.5, 0.6) is 0 Å². The van der Waals surface area contributed by atoms with Crippen molar-refractivity contribution < 1.29 is 4.74 Å². The number of hydrogen-bond acceptors (Lipinski definition) is 5. The molecule has 0 spiro atoms. The van der Waals surface area contributed by atoms with E-state index in [9.17, 15) is 0 Å². The van der Waals surface area contributed by atoms with E-state index >= 15 is 0 Å². The number of aromatic nitrogens is 1. The summed E-state index contributed by atoms with van der Waals surface area (Å²) in [6.45, 7) is 2.90. The highest BCUT2D eigenvalue weighted by Gasteiger charge is 2.34. The van der Waals surface area contributed by atoms with E-state index in [1.807, 2.05) is 0 Å². The molecule has 112 valence electrons. The van der Waals surface area contributed by atoms with E-state index in [0.29, 0.717) is 12.1 Å². The molecule has 2 aromatic rings. The fourth-order valence-corrected chi connectivity index (χ4v) is 5.00. The lowest BCUT2D eigenvalue weighted by Gasteiger charge is -2.43. The molecular weight excluding hydrogens is 300 g/mol. The first-order valence-electron chi connectivity index (χ1n) is 7.73.